The molecule has 1 aliphatic rings. The second kappa shape index (κ2) is 9.05. The number of benzene rings is 3. The van der Waals surface area contributed by atoms with E-state index in [-0.39, 0.29) is 25.5 Å². The third-order valence-electron chi connectivity index (χ3n) is 6.20. The number of hydrogen-bond acceptors (Lipinski definition) is 5. The molecule has 0 spiro atoms. The summed E-state index contributed by atoms with van der Waals surface area (Å²) in [5.74, 6) is -0.00652. The molecule has 2 unspecified atom stereocenters. The lowest BCUT2D eigenvalue weighted by molar-refractivity contribution is 0.0137. The van der Waals surface area contributed by atoms with E-state index in [2.05, 4.69) is 39.6 Å². The summed E-state index contributed by atoms with van der Waals surface area (Å²) < 4.78 is 5.50. The van der Waals surface area contributed by atoms with E-state index in [4.69, 9.17) is 4.74 Å². The average molecular weight is 444 g/mol. The largest absolute Gasteiger partial charge is 0.449 e. The van der Waals surface area contributed by atoms with Crippen molar-refractivity contribution in [3.8, 4) is 11.1 Å². The van der Waals surface area contributed by atoms with Crippen LogP contribution in [0.15, 0.2) is 73.1 Å². The highest BCUT2D eigenvalue weighted by Crippen LogP contribution is 2.44. The second-order valence-electron chi connectivity index (χ2n) is 8.23. The van der Waals surface area contributed by atoms with Gasteiger partial charge in [0, 0.05) is 12.5 Å². The normalized spacial score (nSPS) is 14.5. The molecule has 4 N–H and O–H groups in total. The van der Waals surface area contributed by atoms with Crippen molar-refractivity contribution in [3.05, 3.63) is 89.7 Å². The van der Waals surface area contributed by atoms with E-state index in [0.717, 1.165) is 22.2 Å². The number of rotatable bonds is 7. The number of H-pyrrole nitrogens is 1. The summed E-state index contributed by atoms with van der Waals surface area (Å²) in [6, 6.07) is 21.6. The zero-order valence-electron chi connectivity index (χ0n) is 17.9. The first-order valence-corrected chi connectivity index (χ1v) is 11.0. The minimum Gasteiger partial charge on any atom is -0.449 e. The molecule has 168 valence electrons. The Kier molecular flexibility index (Phi) is 5.81. The molecular weight excluding hydrogens is 418 g/mol. The molecule has 0 saturated carbocycles. The summed E-state index contributed by atoms with van der Waals surface area (Å²) >= 11 is 0. The third kappa shape index (κ3) is 4.20. The van der Waals surface area contributed by atoms with Gasteiger partial charge in [0.1, 0.15) is 12.7 Å². The van der Waals surface area contributed by atoms with Crippen molar-refractivity contribution in [2.24, 2.45) is 0 Å². The van der Waals surface area contributed by atoms with Crippen LogP contribution in [0.25, 0.3) is 22.2 Å². The Morgan fingerprint density at radius 3 is 2.45 bits per heavy atom. The maximum atomic E-state index is 12.3. The first kappa shape index (κ1) is 21.2. The minimum atomic E-state index is -1.07. The lowest BCUT2D eigenvalue weighted by atomic mass is 9.98. The molecule has 4 aromatic rings. The Morgan fingerprint density at radius 2 is 1.73 bits per heavy atom. The van der Waals surface area contributed by atoms with Gasteiger partial charge in [-0.2, -0.15) is 0 Å². The molecule has 2 atom stereocenters. The number of alkyl carbamates (subject to hydrolysis) is 1. The number of fused-ring (bicyclic) bond motifs is 4. The van der Waals surface area contributed by atoms with Gasteiger partial charge in [0.05, 0.1) is 23.5 Å². The van der Waals surface area contributed by atoms with Crippen molar-refractivity contribution < 1.29 is 19.7 Å². The zero-order valence-corrected chi connectivity index (χ0v) is 17.9. The Balaban J connectivity index is 1.13. The van der Waals surface area contributed by atoms with Crippen LogP contribution in [0.3, 0.4) is 0 Å². The molecule has 1 aliphatic carbocycles. The molecule has 0 saturated heterocycles. The second-order valence-corrected chi connectivity index (χ2v) is 8.23. The third-order valence-corrected chi connectivity index (χ3v) is 6.20. The summed E-state index contributed by atoms with van der Waals surface area (Å²) in [6.45, 7) is 0.413. The van der Waals surface area contributed by atoms with E-state index in [1.165, 1.54) is 11.1 Å². The number of aromatic amines is 1. The van der Waals surface area contributed by atoms with E-state index in [0.29, 0.717) is 5.56 Å². The summed E-state index contributed by atoms with van der Waals surface area (Å²) in [5, 5.41) is 23.5. The maximum Gasteiger partial charge on any atom is 0.407 e. The summed E-state index contributed by atoms with van der Waals surface area (Å²) in [5.41, 5.74) is 6.81. The first-order valence-electron chi connectivity index (χ1n) is 11.0. The van der Waals surface area contributed by atoms with Gasteiger partial charge in [-0.15, -0.1) is 0 Å². The fourth-order valence-corrected chi connectivity index (χ4v) is 4.49. The minimum absolute atomic E-state index is 0.00652. The van der Waals surface area contributed by atoms with Gasteiger partial charge in [0.25, 0.3) is 0 Å². The van der Waals surface area contributed by atoms with Crippen LogP contribution in [-0.4, -0.2) is 45.5 Å². The lowest BCUT2D eigenvalue weighted by Gasteiger charge is -2.19. The van der Waals surface area contributed by atoms with Crippen molar-refractivity contribution in [2.75, 3.05) is 13.2 Å². The lowest BCUT2D eigenvalue weighted by Crippen LogP contribution is -2.30. The molecule has 1 amide bonds. The van der Waals surface area contributed by atoms with Gasteiger partial charge in [0.15, 0.2) is 0 Å². The molecular formula is C26H25N3O4. The van der Waals surface area contributed by atoms with Gasteiger partial charge >= 0.3 is 6.09 Å². The van der Waals surface area contributed by atoms with E-state index in [1.807, 2.05) is 24.3 Å². The quantitative estimate of drug-likeness (QED) is 0.347. The molecule has 7 nitrogen and oxygen atoms in total. The zero-order chi connectivity index (χ0) is 22.8. The van der Waals surface area contributed by atoms with Gasteiger partial charge in [-0.05, 0) is 46.4 Å². The van der Waals surface area contributed by atoms with Crippen LogP contribution in [0.5, 0.6) is 0 Å². The van der Waals surface area contributed by atoms with Crippen LogP contribution < -0.4 is 5.32 Å². The number of aromatic nitrogens is 2. The van der Waals surface area contributed by atoms with E-state index >= 15 is 0 Å². The smallest absolute Gasteiger partial charge is 0.407 e. The molecule has 5 rings (SSSR count). The number of aliphatic hydroxyl groups is 2. The topological polar surface area (TPSA) is 107 Å². The van der Waals surface area contributed by atoms with Gasteiger partial charge in [-0.25, -0.2) is 9.78 Å². The molecule has 0 bridgehead atoms. The summed E-state index contributed by atoms with van der Waals surface area (Å²) in [6.07, 6.45) is -0.874. The molecule has 0 fully saturated rings. The molecule has 33 heavy (non-hydrogen) atoms. The summed E-state index contributed by atoms with van der Waals surface area (Å²) in [4.78, 5) is 19.4. The number of ether oxygens (including phenoxy) is 1. The highest BCUT2D eigenvalue weighted by atomic mass is 16.5. The van der Waals surface area contributed by atoms with Crippen LogP contribution >= 0.6 is 0 Å². The van der Waals surface area contributed by atoms with Crippen molar-refractivity contribution in [1.29, 1.82) is 0 Å². The number of carbonyl (C=O) groups is 1. The van der Waals surface area contributed by atoms with Gasteiger partial charge in [-0.3, -0.25) is 0 Å². The fourth-order valence-electron chi connectivity index (χ4n) is 4.49. The predicted octanol–water partition coefficient (Wildman–Crippen LogP) is 3.89. The molecule has 1 aromatic heterocycles. The molecule has 3 aromatic carbocycles. The molecule has 0 aliphatic heterocycles. The van der Waals surface area contributed by atoms with Crippen LogP contribution in [-0.2, 0) is 4.74 Å². The van der Waals surface area contributed by atoms with E-state index < -0.39 is 18.3 Å². The van der Waals surface area contributed by atoms with Gasteiger partial charge in [0.2, 0.25) is 0 Å². The SMILES string of the molecule is O=C(NCCC(O)C(O)c1ccc2nc[nH]c2c1)OCC1c2ccccc2-c2ccccc21. The molecule has 1 heterocycles. The number of carbonyl (C=O) groups excluding carboxylic acids is 1. The molecule has 0 radical (unpaired) electrons. The average Bonchev–Trinajstić information content (AvgIpc) is 3.44. The van der Waals surface area contributed by atoms with Crippen LogP contribution in [0.4, 0.5) is 4.79 Å². The predicted molar refractivity (Wildman–Crippen MR) is 125 cm³/mol. The Bertz CT molecular complexity index is 1240. The number of nitrogens with zero attached hydrogens (tertiary/aromatic N) is 1. The standard InChI is InChI=1S/C26H25N3O4/c30-24(25(31)16-9-10-22-23(13-16)29-15-28-22)11-12-27-26(32)33-14-21-19-7-3-1-5-17(19)18-6-2-4-8-20(18)21/h1-10,13,15,21,24-25,30-31H,11-12,14H2,(H,27,32)(H,28,29). The number of imidazole rings is 1. The first-order chi connectivity index (χ1) is 16.1. The molecule has 7 heteroatoms. The van der Waals surface area contributed by atoms with Crippen LogP contribution in [0.2, 0.25) is 0 Å². The number of hydrogen-bond donors (Lipinski definition) is 4. The number of amides is 1. The van der Waals surface area contributed by atoms with Crippen LogP contribution in [0, 0.1) is 0 Å². The Hall–Kier alpha value is -3.68. The fraction of sp³-hybridized carbons (Fsp3) is 0.231. The summed E-state index contributed by atoms with van der Waals surface area (Å²) in [7, 11) is 0. The van der Waals surface area contributed by atoms with Crippen molar-refractivity contribution in [2.45, 2.75) is 24.5 Å². The number of nitrogens with one attached hydrogen (secondary N) is 2. The van der Waals surface area contributed by atoms with Crippen molar-refractivity contribution in [1.82, 2.24) is 15.3 Å². The van der Waals surface area contributed by atoms with E-state index in [1.54, 1.807) is 24.5 Å². The van der Waals surface area contributed by atoms with Crippen LogP contribution in [0.1, 0.15) is 35.1 Å². The maximum absolute atomic E-state index is 12.3. The Morgan fingerprint density at radius 1 is 1.03 bits per heavy atom. The van der Waals surface area contributed by atoms with Gasteiger partial charge < -0.3 is 25.3 Å². The Labute approximate surface area is 191 Å². The van der Waals surface area contributed by atoms with Crippen molar-refractivity contribution >= 4 is 17.1 Å². The van der Waals surface area contributed by atoms with Crippen molar-refractivity contribution in [3.63, 3.8) is 0 Å². The van der Waals surface area contributed by atoms with E-state index in [9.17, 15) is 15.0 Å². The monoisotopic (exact) mass is 443 g/mol. The highest BCUT2D eigenvalue weighted by molar-refractivity contribution is 5.79. The number of aliphatic hydroxyl groups excluding tert-OH is 2. The highest BCUT2D eigenvalue weighted by Gasteiger charge is 2.29. The van der Waals surface area contributed by atoms with Gasteiger partial charge in [-0.1, -0.05) is 54.6 Å².